The number of hydrogen-bond acceptors (Lipinski definition) is 2. The van der Waals surface area contributed by atoms with Gasteiger partial charge in [-0.15, -0.1) is 0 Å². The molecule has 0 atom stereocenters. The molecule has 0 unspecified atom stereocenters. The lowest BCUT2D eigenvalue weighted by atomic mass is 10.0. The highest BCUT2D eigenvalue weighted by Gasteiger charge is 2.11. The normalized spacial score (nSPS) is 15.5. The number of rotatable bonds is 4. The van der Waals surface area contributed by atoms with E-state index in [9.17, 15) is 5.11 Å². The molecule has 2 heteroatoms. The number of hydrogen-bond donors (Lipinski definition) is 1. The quantitative estimate of drug-likeness (QED) is 0.880. The Morgan fingerprint density at radius 1 is 1.39 bits per heavy atom. The highest BCUT2D eigenvalue weighted by molar-refractivity contribution is 5.53. The minimum absolute atomic E-state index is 0.575. The van der Waals surface area contributed by atoms with E-state index < -0.39 is 5.60 Å². The van der Waals surface area contributed by atoms with Crippen molar-refractivity contribution in [3.05, 3.63) is 35.4 Å². The summed E-state index contributed by atoms with van der Waals surface area (Å²) >= 11 is 0. The first-order valence-electron chi connectivity index (χ1n) is 6.69. The van der Waals surface area contributed by atoms with Gasteiger partial charge >= 0.3 is 0 Å². The standard InChI is InChI=1S/C16H22O2/c1-16(2,17)10-4-3-6-13-8-9-15-14(12-13)7-5-11-18-15/h3,6,8-9,12,17H,4-5,7,10-11H2,1-2H3/b6-3+. The Hall–Kier alpha value is -1.28. The molecule has 0 aliphatic carbocycles. The van der Waals surface area contributed by atoms with Gasteiger partial charge in [-0.05, 0) is 62.8 Å². The van der Waals surface area contributed by atoms with Gasteiger partial charge < -0.3 is 9.84 Å². The van der Waals surface area contributed by atoms with E-state index in [1.807, 2.05) is 13.8 Å². The number of benzene rings is 1. The second kappa shape index (κ2) is 5.57. The van der Waals surface area contributed by atoms with Gasteiger partial charge in [-0.25, -0.2) is 0 Å². The molecule has 0 saturated heterocycles. The van der Waals surface area contributed by atoms with Crippen LogP contribution in [-0.4, -0.2) is 17.3 Å². The Morgan fingerprint density at radius 2 is 2.22 bits per heavy atom. The van der Waals surface area contributed by atoms with E-state index in [0.29, 0.717) is 0 Å². The molecule has 1 aliphatic rings. The Morgan fingerprint density at radius 3 is 3.00 bits per heavy atom. The molecule has 2 nitrogen and oxygen atoms in total. The molecular weight excluding hydrogens is 224 g/mol. The second-order valence-corrected chi connectivity index (χ2v) is 5.57. The van der Waals surface area contributed by atoms with Crippen molar-refractivity contribution in [3.63, 3.8) is 0 Å². The first kappa shape index (κ1) is 13.2. The fourth-order valence-corrected chi connectivity index (χ4v) is 2.14. The zero-order chi connectivity index (χ0) is 13.0. The van der Waals surface area contributed by atoms with E-state index in [-0.39, 0.29) is 0 Å². The summed E-state index contributed by atoms with van der Waals surface area (Å²) in [7, 11) is 0. The van der Waals surface area contributed by atoms with Gasteiger partial charge in [0.15, 0.2) is 0 Å². The number of aliphatic hydroxyl groups is 1. The maximum Gasteiger partial charge on any atom is 0.122 e. The summed E-state index contributed by atoms with van der Waals surface area (Å²) in [6, 6.07) is 6.35. The van der Waals surface area contributed by atoms with Crippen molar-refractivity contribution in [1.82, 2.24) is 0 Å². The van der Waals surface area contributed by atoms with Crippen molar-refractivity contribution in [2.24, 2.45) is 0 Å². The molecule has 0 fully saturated rings. The van der Waals surface area contributed by atoms with E-state index in [1.165, 1.54) is 11.1 Å². The Kier molecular flexibility index (Phi) is 4.07. The molecule has 0 saturated carbocycles. The molecule has 1 aliphatic heterocycles. The molecule has 98 valence electrons. The van der Waals surface area contributed by atoms with Gasteiger partial charge in [-0.2, -0.15) is 0 Å². The molecule has 2 rings (SSSR count). The Balaban J connectivity index is 1.95. The third kappa shape index (κ3) is 3.88. The van der Waals surface area contributed by atoms with E-state index in [2.05, 4.69) is 30.4 Å². The van der Waals surface area contributed by atoms with Crippen LogP contribution in [0.4, 0.5) is 0 Å². The summed E-state index contributed by atoms with van der Waals surface area (Å²) < 4.78 is 5.59. The van der Waals surface area contributed by atoms with Crippen LogP contribution in [0.5, 0.6) is 5.75 Å². The summed E-state index contributed by atoms with van der Waals surface area (Å²) in [6.07, 6.45) is 8.16. The van der Waals surface area contributed by atoms with Gasteiger partial charge in [0.05, 0.1) is 12.2 Å². The number of fused-ring (bicyclic) bond motifs is 1. The van der Waals surface area contributed by atoms with Crippen molar-refractivity contribution in [3.8, 4) is 5.75 Å². The molecular formula is C16H22O2. The summed E-state index contributed by atoms with van der Waals surface area (Å²) in [6.45, 7) is 4.53. The smallest absolute Gasteiger partial charge is 0.122 e. The third-order valence-electron chi connectivity index (χ3n) is 3.17. The van der Waals surface area contributed by atoms with Crippen LogP contribution in [0, 0.1) is 0 Å². The first-order valence-corrected chi connectivity index (χ1v) is 6.69. The number of allylic oxidation sites excluding steroid dienone is 1. The van der Waals surface area contributed by atoms with Crippen LogP contribution in [0.3, 0.4) is 0 Å². The number of aryl methyl sites for hydroxylation is 1. The minimum Gasteiger partial charge on any atom is -0.493 e. The molecule has 1 heterocycles. The van der Waals surface area contributed by atoms with Gasteiger partial charge in [-0.1, -0.05) is 18.2 Å². The molecule has 1 N–H and O–H groups in total. The van der Waals surface area contributed by atoms with Crippen LogP contribution in [0.25, 0.3) is 6.08 Å². The lowest BCUT2D eigenvalue weighted by Gasteiger charge is -2.17. The molecule has 1 aromatic rings. The molecule has 1 aromatic carbocycles. The van der Waals surface area contributed by atoms with Gasteiger partial charge in [0.25, 0.3) is 0 Å². The van der Waals surface area contributed by atoms with Crippen molar-refractivity contribution in [2.45, 2.75) is 45.1 Å². The topological polar surface area (TPSA) is 29.5 Å². The van der Waals surface area contributed by atoms with Crippen molar-refractivity contribution < 1.29 is 9.84 Å². The van der Waals surface area contributed by atoms with Crippen LogP contribution in [0.15, 0.2) is 24.3 Å². The lowest BCUT2D eigenvalue weighted by molar-refractivity contribution is 0.0722. The van der Waals surface area contributed by atoms with Crippen LogP contribution in [-0.2, 0) is 6.42 Å². The highest BCUT2D eigenvalue weighted by atomic mass is 16.5. The van der Waals surface area contributed by atoms with E-state index in [0.717, 1.165) is 38.0 Å². The van der Waals surface area contributed by atoms with Crippen LogP contribution < -0.4 is 4.74 Å². The maximum absolute atomic E-state index is 9.62. The zero-order valence-electron chi connectivity index (χ0n) is 11.3. The fraction of sp³-hybridized carbons (Fsp3) is 0.500. The minimum atomic E-state index is -0.575. The molecule has 0 spiro atoms. The van der Waals surface area contributed by atoms with Crippen molar-refractivity contribution in [1.29, 1.82) is 0 Å². The van der Waals surface area contributed by atoms with Crippen molar-refractivity contribution >= 4 is 6.08 Å². The highest BCUT2D eigenvalue weighted by Crippen LogP contribution is 2.26. The summed E-state index contributed by atoms with van der Waals surface area (Å²) in [5, 5.41) is 9.62. The molecule has 0 amide bonds. The fourth-order valence-electron chi connectivity index (χ4n) is 2.14. The van der Waals surface area contributed by atoms with Crippen LogP contribution in [0.1, 0.15) is 44.2 Å². The van der Waals surface area contributed by atoms with Gasteiger partial charge in [0.2, 0.25) is 0 Å². The van der Waals surface area contributed by atoms with Crippen LogP contribution >= 0.6 is 0 Å². The predicted molar refractivity (Wildman–Crippen MR) is 74.8 cm³/mol. The van der Waals surface area contributed by atoms with Crippen molar-refractivity contribution in [2.75, 3.05) is 6.61 Å². The molecule has 0 bridgehead atoms. The maximum atomic E-state index is 9.62. The van der Waals surface area contributed by atoms with Crippen LogP contribution in [0.2, 0.25) is 0 Å². The van der Waals surface area contributed by atoms with Gasteiger partial charge in [-0.3, -0.25) is 0 Å². The van der Waals surface area contributed by atoms with E-state index in [1.54, 1.807) is 0 Å². The predicted octanol–water partition coefficient (Wildman–Crippen LogP) is 3.58. The summed E-state index contributed by atoms with van der Waals surface area (Å²) in [4.78, 5) is 0. The van der Waals surface area contributed by atoms with E-state index in [4.69, 9.17) is 4.74 Å². The van der Waals surface area contributed by atoms with Gasteiger partial charge in [0, 0.05) is 0 Å². The zero-order valence-corrected chi connectivity index (χ0v) is 11.3. The monoisotopic (exact) mass is 246 g/mol. The average molecular weight is 246 g/mol. The first-order chi connectivity index (χ1) is 8.54. The third-order valence-corrected chi connectivity index (χ3v) is 3.17. The Labute approximate surface area is 109 Å². The average Bonchev–Trinajstić information content (AvgIpc) is 2.33. The summed E-state index contributed by atoms with van der Waals surface area (Å²) in [5.74, 6) is 1.04. The largest absolute Gasteiger partial charge is 0.493 e. The summed E-state index contributed by atoms with van der Waals surface area (Å²) in [5.41, 5.74) is 1.95. The molecule has 18 heavy (non-hydrogen) atoms. The van der Waals surface area contributed by atoms with E-state index >= 15 is 0 Å². The Bertz CT molecular complexity index is 427. The second-order valence-electron chi connectivity index (χ2n) is 5.57. The lowest BCUT2D eigenvalue weighted by Crippen LogP contribution is -2.17. The SMILES string of the molecule is CC(C)(O)CC/C=C/c1ccc2c(c1)CCCO2. The molecule has 0 radical (unpaired) electrons. The van der Waals surface area contributed by atoms with Gasteiger partial charge in [0.1, 0.15) is 5.75 Å². The molecule has 0 aromatic heterocycles. The number of ether oxygens (including phenoxy) is 1.